The Labute approximate surface area is 198 Å². The predicted octanol–water partition coefficient (Wildman–Crippen LogP) is 4.28. The number of amides is 1. The normalized spacial score (nSPS) is 16.9. The summed E-state index contributed by atoms with van der Waals surface area (Å²) in [4.78, 5) is 13.0. The van der Waals surface area contributed by atoms with Crippen molar-refractivity contribution in [3.63, 3.8) is 0 Å². The molecule has 6 nitrogen and oxygen atoms in total. The van der Waals surface area contributed by atoms with E-state index in [0.29, 0.717) is 37.4 Å². The molecule has 7 heteroatoms. The first kappa shape index (κ1) is 25.2. The number of nitrogens with zero attached hydrogens (tertiary/aromatic N) is 1. The molecule has 33 heavy (non-hydrogen) atoms. The zero-order valence-corrected chi connectivity index (χ0v) is 21.1. The van der Waals surface area contributed by atoms with Crippen LogP contribution in [0.3, 0.4) is 0 Å². The van der Waals surface area contributed by atoms with Crippen LogP contribution in [0.1, 0.15) is 51.7 Å². The van der Waals surface area contributed by atoms with Crippen LogP contribution in [0.15, 0.2) is 53.4 Å². The predicted molar refractivity (Wildman–Crippen MR) is 131 cm³/mol. The van der Waals surface area contributed by atoms with Crippen LogP contribution in [0.25, 0.3) is 0 Å². The summed E-state index contributed by atoms with van der Waals surface area (Å²) in [6.07, 6.45) is 1.03. The Kier molecular flexibility index (Phi) is 7.85. The first-order valence-corrected chi connectivity index (χ1v) is 13.0. The number of benzene rings is 2. The quantitative estimate of drug-likeness (QED) is 0.653. The van der Waals surface area contributed by atoms with Gasteiger partial charge in [-0.15, -0.1) is 0 Å². The molecule has 2 aromatic carbocycles. The Balaban J connectivity index is 1.46. The fourth-order valence-corrected chi connectivity index (χ4v) is 5.36. The average Bonchev–Trinajstić information content (AvgIpc) is 2.78. The summed E-state index contributed by atoms with van der Waals surface area (Å²) in [7, 11) is -3.52. The van der Waals surface area contributed by atoms with E-state index in [4.69, 9.17) is 4.74 Å². The van der Waals surface area contributed by atoms with E-state index in [-0.39, 0.29) is 23.3 Å². The van der Waals surface area contributed by atoms with Gasteiger partial charge in [-0.05, 0) is 61.9 Å². The van der Waals surface area contributed by atoms with Crippen LogP contribution < -0.4 is 10.1 Å². The van der Waals surface area contributed by atoms with Crippen molar-refractivity contribution in [2.24, 2.45) is 5.92 Å². The summed E-state index contributed by atoms with van der Waals surface area (Å²) in [5.74, 6) is 0.545. The van der Waals surface area contributed by atoms with Gasteiger partial charge in [0.15, 0.2) is 0 Å². The Morgan fingerprint density at radius 3 is 2.18 bits per heavy atom. The second-order valence-electron chi connectivity index (χ2n) is 9.99. The first-order chi connectivity index (χ1) is 15.5. The molecule has 1 fully saturated rings. The first-order valence-electron chi connectivity index (χ1n) is 11.6. The van der Waals surface area contributed by atoms with Gasteiger partial charge in [-0.3, -0.25) is 4.79 Å². The van der Waals surface area contributed by atoms with E-state index in [9.17, 15) is 13.2 Å². The van der Waals surface area contributed by atoms with E-state index in [1.807, 2.05) is 26.0 Å². The van der Waals surface area contributed by atoms with Gasteiger partial charge in [0.25, 0.3) is 0 Å². The minimum absolute atomic E-state index is 0.0402. The molecule has 1 N–H and O–H groups in total. The fourth-order valence-electron chi connectivity index (χ4n) is 3.89. The highest BCUT2D eigenvalue weighted by Gasteiger charge is 2.32. The van der Waals surface area contributed by atoms with Crippen molar-refractivity contribution >= 4 is 15.9 Å². The van der Waals surface area contributed by atoms with Crippen LogP contribution in [0.2, 0.25) is 0 Å². The highest BCUT2D eigenvalue weighted by atomic mass is 32.2. The smallest absolute Gasteiger partial charge is 0.243 e. The number of rotatable bonds is 7. The molecular formula is C26H36N2O4S. The number of piperidine rings is 1. The third kappa shape index (κ3) is 6.58. The molecule has 2 aromatic rings. The fraction of sp³-hybridized carbons (Fsp3) is 0.500. The molecule has 0 aliphatic carbocycles. The standard InChI is InChI=1S/C26H36N2O4S/c1-19-6-12-24(13-7-19)33(30,31)28-16-14-21(15-17-28)25(29)27-20(2)18-32-23-10-8-22(9-11-23)26(3,4)5/h6-13,20-21H,14-18H2,1-5H3,(H,27,29). The molecule has 1 aliphatic rings. The highest BCUT2D eigenvalue weighted by molar-refractivity contribution is 7.89. The third-order valence-electron chi connectivity index (χ3n) is 6.09. The lowest BCUT2D eigenvalue weighted by Gasteiger charge is -2.31. The van der Waals surface area contributed by atoms with Crippen molar-refractivity contribution in [1.82, 2.24) is 9.62 Å². The Morgan fingerprint density at radius 2 is 1.64 bits per heavy atom. The van der Waals surface area contributed by atoms with Gasteiger partial charge >= 0.3 is 0 Å². The maximum atomic E-state index is 12.9. The largest absolute Gasteiger partial charge is 0.491 e. The van der Waals surface area contributed by atoms with Gasteiger partial charge in [-0.25, -0.2) is 8.42 Å². The van der Waals surface area contributed by atoms with Gasteiger partial charge in [0, 0.05) is 19.0 Å². The van der Waals surface area contributed by atoms with Gasteiger partial charge in [-0.1, -0.05) is 50.6 Å². The second kappa shape index (κ2) is 10.3. The van der Waals surface area contributed by atoms with E-state index in [2.05, 4.69) is 38.2 Å². The lowest BCUT2D eigenvalue weighted by molar-refractivity contribution is -0.126. The molecule has 0 saturated carbocycles. The van der Waals surface area contributed by atoms with Crippen LogP contribution in [0, 0.1) is 12.8 Å². The van der Waals surface area contributed by atoms with Gasteiger partial charge in [0.1, 0.15) is 12.4 Å². The molecule has 180 valence electrons. The molecular weight excluding hydrogens is 436 g/mol. The number of carbonyl (C=O) groups is 1. The summed E-state index contributed by atoms with van der Waals surface area (Å²) >= 11 is 0. The van der Waals surface area contributed by atoms with Gasteiger partial charge in [0.2, 0.25) is 15.9 Å². The molecule has 1 unspecified atom stereocenters. The molecule has 0 aromatic heterocycles. The number of hydrogen-bond acceptors (Lipinski definition) is 4. The van der Waals surface area contributed by atoms with Crippen molar-refractivity contribution in [3.8, 4) is 5.75 Å². The van der Waals surface area contributed by atoms with E-state index in [1.165, 1.54) is 9.87 Å². The number of carbonyl (C=O) groups excluding carboxylic acids is 1. The van der Waals surface area contributed by atoms with Crippen molar-refractivity contribution in [2.75, 3.05) is 19.7 Å². The van der Waals surface area contributed by atoms with Gasteiger partial charge in [0.05, 0.1) is 10.9 Å². The van der Waals surface area contributed by atoms with Gasteiger partial charge in [-0.2, -0.15) is 4.31 Å². The van der Waals surface area contributed by atoms with Gasteiger partial charge < -0.3 is 10.1 Å². The number of hydrogen-bond donors (Lipinski definition) is 1. The zero-order chi connectivity index (χ0) is 24.2. The SMILES string of the molecule is Cc1ccc(S(=O)(=O)N2CCC(C(=O)NC(C)COc3ccc(C(C)(C)C)cc3)CC2)cc1. The summed E-state index contributed by atoms with van der Waals surface area (Å²) in [5.41, 5.74) is 2.35. The number of aryl methyl sites for hydroxylation is 1. The number of nitrogens with one attached hydrogen (secondary N) is 1. The second-order valence-corrected chi connectivity index (χ2v) is 11.9. The third-order valence-corrected chi connectivity index (χ3v) is 8.01. The molecule has 1 aliphatic heterocycles. The molecule has 3 rings (SSSR count). The summed E-state index contributed by atoms with van der Waals surface area (Å²) < 4.78 is 33.0. The molecule has 1 heterocycles. The van der Waals surface area contributed by atoms with Crippen LogP contribution in [-0.2, 0) is 20.2 Å². The molecule has 0 bridgehead atoms. The van der Waals surface area contributed by atoms with E-state index in [0.717, 1.165) is 11.3 Å². The molecule has 1 atom stereocenters. The zero-order valence-electron chi connectivity index (χ0n) is 20.3. The Bertz CT molecular complexity index is 1030. The minimum Gasteiger partial charge on any atom is -0.491 e. The lowest BCUT2D eigenvalue weighted by atomic mass is 9.87. The van der Waals surface area contributed by atoms with E-state index >= 15 is 0 Å². The molecule has 1 amide bonds. The maximum absolute atomic E-state index is 12.9. The average molecular weight is 473 g/mol. The Hall–Kier alpha value is -2.38. The van der Waals surface area contributed by atoms with E-state index in [1.54, 1.807) is 24.3 Å². The maximum Gasteiger partial charge on any atom is 0.243 e. The van der Waals surface area contributed by atoms with Crippen LogP contribution >= 0.6 is 0 Å². The highest BCUT2D eigenvalue weighted by Crippen LogP contribution is 2.25. The summed E-state index contributed by atoms with van der Waals surface area (Å²) in [6, 6.07) is 14.8. The molecule has 1 saturated heterocycles. The summed E-state index contributed by atoms with van der Waals surface area (Å²) in [5, 5.41) is 3.02. The van der Waals surface area contributed by atoms with Crippen LogP contribution in [-0.4, -0.2) is 44.4 Å². The van der Waals surface area contributed by atoms with Crippen molar-refractivity contribution in [1.29, 1.82) is 0 Å². The minimum atomic E-state index is -3.52. The summed E-state index contributed by atoms with van der Waals surface area (Å²) in [6.45, 7) is 11.4. The number of ether oxygens (including phenoxy) is 1. The topological polar surface area (TPSA) is 75.7 Å². The van der Waals surface area contributed by atoms with Crippen molar-refractivity contribution in [2.45, 2.75) is 63.8 Å². The molecule has 0 spiro atoms. The van der Waals surface area contributed by atoms with Crippen LogP contribution in [0.4, 0.5) is 0 Å². The monoisotopic (exact) mass is 472 g/mol. The van der Waals surface area contributed by atoms with Crippen molar-refractivity contribution in [3.05, 3.63) is 59.7 Å². The Morgan fingerprint density at radius 1 is 1.06 bits per heavy atom. The van der Waals surface area contributed by atoms with Crippen LogP contribution in [0.5, 0.6) is 5.75 Å². The van der Waals surface area contributed by atoms with Crippen molar-refractivity contribution < 1.29 is 17.9 Å². The lowest BCUT2D eigenvalue weighted by Crippen LogP contribution is -2.45. The molecule has 0 radical (unpaired) electrons. The van der Waals surface area contributed by atoms with E-state index < -0.39 is 10.0 Å². The number of sulfonamides is 1.